The smallest absolute Gasteiger partial charge is 0.225 e. The van der Waals surface area contributed by atoms with Gasteiger partial charge in [-0.15, -0.1) is 0 Å². The third kappa shape index (κ3) is 4.45. The Balaban J connectivity index is 4.13. The largest absolute Gasteiger partial charge is 0.343 e. The van der Waals surface area contributed by atoms with Crippen molar-refractivity contribution in [3.05, 3.63) is 0 Å². The van der Waals surface area contributed by atoms with E-state index in [1.807, 2.05) is 4.90 Å². The molecule has 0 atom stereocenters. The average Bonchev–Trinajstić information content (AvgIpc) is 2.21. The molecule has 0 saturated carbocycles. The van der Waals surface area contributed by atoms with Crippen molar-refractivity contribution in [3.63, 3.8) is 0 Å². The second kappa shape index (κ2) is 8.27. The summed E-state index contributed by atoms with van der Waals surface area (Å²) in [4.78, 5) is 13.9. The van der Waals surface area contributed by atoms with Crippen LogP contribution in [0.2, 0.25) is 0 Å². The quantitative estimate of drug-likeness (QED) is 0.647. The van der Waals surface area contributed by atoms with Crippen LogP contribution in [0.4, 0.5) is 0 Å². The average molecular weight is 264 g/mol. The van der Waals surface area contributed by atoms with Crippen LogP contribution < -0.4 is 0 Å². The molecule has 0 aliphatic rings. The van der Waals surface area contributed by atoms with E-state index in [2.05, 4.69) is 36.7 Å². The Hall–Kier alpha value is -0.0500. The molecule has 0 saturated heterocycles. The number of rotatable bonds is 7. The first-order chi connectivity index (χ1) is 6.71. The van der Waals surface area contributed by atoms with Gasteiger partial charge in [0, 0.05) is 24.3 Å². The Labute approximate surface area is 96.2 Å². The maximum atomic E-state index is 12.0. The molecular formula is C11H22BrNO. The van der Waals surface area contributed by atoms with Crippen molar-refractivity contribution in [3.8, 4) is 0 Å². The molecule has 0 aliphatic carbocycles. The van der Waals surface area contributed by atoms with Gasteiger partial charge < -0.3 is 4.90 Å². The number of carbonyl (C=O) groups excluding carboxylic acids is 1. The first-order valence-corrected chi connectivity index (χ1v) is 6.68. The molecule has 14 heavy (non-hydrogen) atoms. The molecule has 0 fully saturated rings. The third-order valence-corrected chi connectivity index (χ3v) is 3.15. The van der Waals surface area contributed by atoms with E-state index in [1.165, 1.54) is 0 Å². The summed E-state index contributed by atoms with van der Waals surface area (Å²) < 4.78 is 0. The Morgan fingerprint density at radius 1 is 1.29 bits per heavy atom. The van der Waals surface area contributed by atoms with Crippen LogP contribution in [0.25, 0.3) is 0 Å². The molecule has 0 unspecified atom stereocenters. The van der Waals surface area contributed by atoms with E-state index < -0.39 is 0 Å². The number of carbonyl (C=O) groups is 1. The van der Waals surface area contributed by atoms with Gasteiger partial charge in [0.25, 0.3) is 0 Å². The lowest BCUT2D eigenvalue weighted by molar-refractivity contribution is -0.135. The summed E-state index contributed by atoms with van der Waals surface area (Å²) in [7, 11) is 0. The molecule has 0 aromatic heterocycles. The molecule has 0 bridgehead atoms. The molecule has 2 nitrogen and oxygen atoms in total. The Kier molecular flexibility index (Phi) is 8.24. The van der Waals surface area contributed by atoms with E-state index in [1.54, 1.807) is 0 Å². The summed E-state index contributed by atoms with van der Waals surface area (Å²) in [5.74, 6) is 0.559. The van der Waals surface area contributed by atoms with E-state index in [0.717, 1.165) is 37.7 Å². The summed E-state index contributed by atoms with van der Waals surface area (Å²) in [6.45, 7) is 7.95. The highest BCUT2D eigenvalue weighted by Crippen LogP contribution is 2.12. The molecule has 0 rings (SSSR count). The van der Waals surface area contributed by atoms with Crippen molar-refractivity contribution in [2.24, 2.45) is 5.92 Å². The van der Waals surface area contributed by atoms with Crippen LogP contribution in [0.15, 0.2) is 0 Å². The van der Waals surface area contributed by atoms with E-state index in [4.69, 9.17) is 0 Å². The normalized spacial score (nSPS) is 10.6. The van der Waals surface area contributed by atoms with Crippen molar-refractivity contribution >= 4 is 21.8 Å². The minimum absolute atomic E-state index is 0.227. The predicted molar refractivity (Wildman–Crippen MR) is 64.7 cm³/mol. The molecule has 0 aromatic carbocycles. The molecule has 3 heteroatoms. The van der Waals surface area contributed by atoms with Crippen LogP contribution in [0.5, 0.6) is 0 Å². The molecule has 0 aliphatic heterocycles. The summed E-state index contributed by atoms with van der Waals surface area (Å²) >= 11 is 3.39. The lowest BCUT2D eigenvalue weighted by atomic mass is 10.0. The highest BCUT2D eigenvalue weighted by atomic mass is 79.9. The molecule has 0 N–H and O–H groups in total. The first-order valence-electron chi connectivity index (χ1n) is 5.55. The Morgan fingerprint density at radius 3 is 2.21 bits per heavy atom. The van der Waals surface area contributed by atoms with Gasteiger partial charge in [-0.25, -0.2) is 0 Å². The number of hydrogen-bond donors (Lipinski definition) is 0. The van der Waals surface area contributed by atoms with Gasteiger partial charge in [0.2, 0.25) is 5.91 Å². The number of hydrogen-bond acceptors (Lipinski definition) is 1. The fourth-order valence-electron chi connectivity index (χ4n) is 1.57. The predicted octanol–water partition coefficient (Wildman–Crippen LogP) is 3.06. The van der Waals surface area contributed by atoms with E-state index in [9.17, 15) is 4.79 Å². The highest BCUT2D eigenvalue weighted by molar-refractivity contribution is 9.09. The third-order valence-electron chi connectivity index (χ3n) is 2.59. The van der Waals surface area contributed by atoms with Gasteiger partial charge in [-0.3, -0.25) is 4.79 Å². The second-order valence-corrected chi connectivity index (χ2v) is 4.27. The van der Waals surface area contributed by atoms with Gasteiger partial charge in [0.05, 0.1) is 0 Å². The monoisotopic (exact) mass is 263 g/mol. The van der Waals surface area contributed by atoms with Crippen molar-refractivity contribution in [1.29, 1.82) is 0 Å². The molecule has 0 radical (unpaired) electrons. The topological polar surface area (TPSA) is 20.3 Å². The summed E-state index contributed by atoms with van der Waals surface area (Å²) in [6, 6.07) is 0. The lowest BCUT2D eigenvalue weighted by Crippen LogP contribution is -2.36. The van der Waals surface area contributed by atoms with Crippen LogP contribution in [0.1, 0.15) is 40.0 Å². The summed E-state index contributed by atoms with van der Waals surface area (Å²) in [6.07, 6.45) is 2.96. The molecule has 1 amide bonds. The fraction of sp³-hybridized carbons (Fsp3) is 0.909. The molecule has 84 valence electrons. The van der Waals surface area contributed by atoms with Gasteiger partial charge in [-0.2, -0.15) is 0 Å². The van der Waals surface area contributed by atoms with Gasteiger partial charge in [0.15, 0.2) is 0 Å². The van der Waals surface area contributed by atoms with Gasteiger partial charge in [-0.05, 0) is 26.2 Å². The van der Waals surface area contributed by atoms with Crippen LogP contribution >= 0.6 is 15.9 Å². The maximum Gasteiger partial charge on any atom is 0.225 e. The Bertz CT molecular complexity index is 157. The fourth-order valence-corrected chi connectivity index (χ4v) is 1.82. The van der Waals surface area contributed by atoms with Crippen molar-refractivity contribution < 1.29 is 4.79 Å². The van der Waals surface area contributed by atoms with Crippen LogP contribution in [-0.4, -0.2) is 29.2 Å². The maximum absolute atomic E-state index is 12.0. The molecule has 0 heterocycles. The minimum Gasteiger partial charge on any atom is -0.343 e. The molecule has 0 aromatic rings. The SMILES string of the molecule is CCC(CC)C(=O)N(CC)CCCBr. The standard InChI is InChI=1S/C11H22BrNO/c1-4-10(5-2)11(14)13(6-3)9-7-8-12/h10H,4-9H2,1-3H3. The van der Waals surface area contributed by atoms with E-state index in [-0.39, 0.29) is 5.92 Å². The second-order valence-electron chi connectivity index (χ2n) is 3.47. The molecular weight excluding hydrogens is 242 g/mol. The summed E-state index contributed by atoms with van der Waals surface area (Å²) in [5.41, 5.74) is 0. The van der Waals surface area contributed by atoms with Crippen molar-refractivity contribution in [2.45, 2.75) is 40.0 Å². The summed E-state index contributed by atoms with van der Waals surface area (Å²) in [5, 5.41) is 0.972. The highest BCUT2D eigenvalue weighted by Gasteiger charge is 2.19. The number of nitrogens with zero attached hydrogens (tertiary/aromatic N) is 1. The zero-order chi connectivity index (χ0) is 11.0. The van der Waals surface area contributed by atoms with Gasteiger partial charge in [0.1, 0.15) is 0 Å². The molecule has 0 spiro atoms. The van der Waals surface area contributed by atoms with Crippen molar-refractivity contribution in [2.75, 3.05) is 18.4 Å². The Morgan fingerprint density at radius 2 is 1.86 bits per heavy atom. The minimum atomic E-state index is 0.227. The van der Waals surface area contributed by atoms with E-state index >= 15 is 0 Å². The zero-order valence-electron chi connectivity index (χ0n) is 9.55. The van der Waals surface area contributed by atoms with Crippen LogP contribution in [-0.2, 0) is 4.79 Å². The van der Waals surface area contributed by atoms with Gasteiger partial charge in [-0.1, -0.05) is 29.8 Å². The number of amides is 1. The lowest BCUT2D eigenvalue weighted by Gasteiger charge is -2.24. The van der Waals surface area contributed by atoms with Crippen LogP contribution in [0.3, 0.4) is 0 Å². The van der Waals surface area contributed by atoms with Gasteiger partial charge >= 0.3 is 0 Å². The number of halogens is 1. The van der Waals surface area contributed by atoms with E-state index in [0.29, 0.717) is 5.91 Å². The van der Waals surface area contributed by atoms with Crippen molar-refractivity contribution in [1.82, 2.24) is 4.90 Å². The zero-order valence-corrected chi connectivity index (χ0v) is 11.1. The first kappa shape index (κ1) is 13.9. The number of alkyl halides is 1. The van der Waals surface area contributed by atoms with Crippen LogP contribution in [0, 0.1) is 5.92 Å².